The second-order valence-corrected chi connectivity index (χ2v) is 7.62. The van der Waals surface area contributed by atoms with E-state index in [4.69, 9.17) is 4.74 Å². The van der Waals surface area contributed by atoms with Gasteiger partial charge in [0.2, 0.25) is 0 Å². The van der Waals surface area contributed by atoms with Crippen LogP contribution < -0.4 is 0 Å². The van der Waals surface area contributed by atoms with E-state index in [2.05, 4.69) is 13.0 Å². The monoisotopic (exact) mass is 341 g/mol. The van der Waals surface area contributed by atoms with Crippen LogP contribution in [0.15, 0.2) is 42.5 Å². The zero-order valence-corrected chi connectivity index (χ0v) is 15.2. The summed E-state index contributed by atoms with van der Waals surface area (Å²) in [5, 5.41) is 0. The van der Waals surface area contributed by atoms with Crippen LogP contribution in [0.1, 0.15) is 44.7 Å². The number of carbonyl (C=O) groups excluding carboxylic acids is 1. The summed E-state index contributed by atoms with van der Waals surface area (Å²) in [5.41, 5.74) is 3.04. The minimum absolute atomic E-state index is 0.169. The number of carbonyl (C=O) groups is 1. The highest BCUT2D eigenvalue weighted by molar-refractivity contribution is 5.73. The van der Waals surface area contributed by atoms with Crippen molar-refractivity contribution in [3.8, 4) is 11.1 Å². The van der Waals surface area contributed by atoms with Crippen LogP contribution in [0.25, 0.3) is 11.1 Å². The highest BCUT2D eigenvalue weighted by Gasteiger charge is 2.30. The topological polar surface area (TPSA) is 29.5 Å². The number of benzene rings is 2. The summed E-state index contributed by atoms with van der Waals surface area (Å²) in [6, 6.07) is 12.7. The van der Waals surface area contributed by atoms with E-state index in [1.807, 2.05) is 39.0 Å². The van der Waals surface area contributed by atoms with Crippen molar-refractivity contribution in [3.63, 3.8) is 0 Å². The molecule has 1 aliphatic rings. The molecule has 2 aromatic carbocycles. The molecular weight excluding hydrogens is 317 g/mol. The standard InChI is InChI=1S/C21H24FNO2/c1-14-12-23(20(24)25-21(2,3)4)13-18-15(14)9-7-10-16(18)17-8-5-6-11-19(17)22/h5-11,14H,12-13H2,1-4H3. The summed E-state index contributed by atoms with van der Waals surface area (Å²) in [6.45, 7) is 8.69. The molecular formula is C21H24FNO2. The van der Waals surface area contributed by atoms with Crippen molar-refractivity contribution in [3.05, 3.63) is 59.4 Å². The Balaban J connectivity index is 2.00. The molecule has 0 bridgehead atoms. The predicted molar refractivity (Wildman–Crippen MR) is 96.9 cm³/mol. The Morgan fingerprint density at radius 2 is 1.80 bits per heavy atom. The average Bonchev–Trinajstić information content (AvgIpc) is 2.53. The maximum atomic E-state index is 14.3. The van der Waals surface area contributed by atoms with Crippen molar-refractivity contribution in [1.29, 1.82) is 0 Å². The number of halogens is 1. The molecule has 4 heteroatoms. The van der Waals surface area contributed by atoms with Gasteiger partial charge in [0, 0.05) is 18.7 Å². The maximum absolute atomic E-state index is 14.3. The largest absolute Gasteiger partial charge is 0.444 e. The normalized spacial score (nSPS) is 17.2. The average molecular weight is 341 g/mol. The van der Waals surface area contributed by atoms with E-state index in [9.17, 15) is 9.18 Å². The van der Waals surface area contributed by atoms with Gasteiger partial charge in [-0.15, -0.1) is 0 Å². The molecule has 1 amide bonds. The fraction of sp³-hybridized carbons (Fsp3) is 0.381. The third kappa shape index (κ3) is 3.68. The summed E-state index contributed by atoms with van der Waals surface area (Å²) in [6.07, 6.45) is -0.326. The molecule has 0 aromatic heterocycles. The van der Waals surface area contributed by atoms with Crippen LogP contribution in [0.3, 0.4) is 0 Å². The van der Waals surface area contributed by atoms with Gasteiger partial charge in [0.1, 0.15) is 11.4 Å². The lowest BCUT2D eigenvalue weighted by Crippen LogP contribution is -2.41. The minimum atomic E-state index is -0.536. The van der Waals surface area contributed by atoms with Crippen LogP contribution in [0.5, 0.6) is 0 Å². The lowest BCUT2D eigenvalue weighted by atomic mass is 9.86. The smallest absolute Gasteiger partial charge is 0.410 e. The number of hydrogen-bond acceptors (Lipinski definition) is 2. The molecule has 1 heterocycles. The number of rotatable bonds is 1. The van der Waals surface area contributed by atoms with Crippen molar-refractivity contribution < 1.29 is 13.9 Å². The fourth-order valence-electron chi connectivity index (χ4n) is 3.32. The third-order valence-electron chi connectivity index (χ3n) is 4.40. The molecule has 132 valence electrons. The van der Waals surface area contributed by atoms with Gasteiger partial charge in [-0.1, -0.05) is 43.3 Å². The van der Waals surface area contributed by atoms with Crippen molar-refractivity contribution in [2.75, 3.05) is 6.54 Å². The first-order valence-electron chi connectivity index (χ1n) is 8.61. The zero-order valence-electron chi connectivity index (χ0n) is 15.2. The van der Waals surface area contributed by atoms with Gasteiger partial charge in [0.25, 0.3) is 0 Å². The first-order chi connectivity index (χ1) is 11.8. The molecule has 3 nitrogen and oxygen atoms in total. The van der Waals surface area contributed by atoms with Crippen molar-refractivity contribution in [1.82, 2.24) is 4.90 Å². The van der Waals surface area contributed by atoms with E-state index in [1.54, 1.807) is 17.0 Å². The second kappa shape index (κ2) is 6.51. The van der Waals surface area contributed by atoms with Crippen LogP contribution in [0.2, 0.25) is 0 Å². The molecule has 0 aliphatic carbocycles. The van der Waals surface area contributed by atoms with Gasteiger partial charge in [0.15, 0.2) is 0 Å². The number of fused-ring (bicyclic) bond motifs is 1. The first kappa shape index (κ1) is 17.5. The van der Waals surface area contributed by atoms with Gasteiger partial charge in [-0.25, -0.2) is 9.18 Å². The Kier molecular flexibility index (Phi) is 4.55. The molecule has 1 unspecified atom stereocenters. The van der Waals surface area contributed by atoms with Gasteiger partial charge >= 0.3 is 6.09 Å². The SMILES string of the molecule is CC1CN(C(=O)OC(C)(C)C)Cc2c(-c3ccccc3F)cccc21. The fourth-order valence-corrected chi connectivity index (χ4v) is 3.32. The Bertz CT molecular complexity index is 795. The summed E-state index contributed by atoms with van der Waals surface area (Å²) < 4.78 is 19.8. The number of ether oxygens (including phenoxy) is 1. The molecule has 0 fully saturated rings. The third-order valence-corrected chi connectivity index (χ3v) is 4.40. The van der Waals surface area contributed by atoms with Gasteiger partial charge in [0.05, 0.1) is 0 Å². The lowest BCUT2D eigenvalue weighted by Gasteiger charge is -2.35. The Labute approximate surface area is 148 Å². The summed E-state index contributed by atoms with van der Waals surface area (Å²) in [4.78, 5) is 14.2. The zero-order chi connectivity index (χ0) is 18.2. The summed E-state index contributed by atoms with van der Waals surface area (Å²) in [5.74, 6) is -0.0825. The maximum Gasteiger partial charge on any atom is 0.410 e. The van der Waals surface area contributed by atoms with Crippen LogP contribution in [-0.4, -0.2) is 23.1 Å². The van der Waals surface area contributed by atoms with Crippen LogP contribution in [0.4, 0.5) is 9.18 Å². The molecule has 1 atom stereocenters. The molecule has 25 heavy (non-hydrogen) atoms. The molecule has 0 radical (unpaired) electrons. The van der Waals surface area contributed by atoms with Crippen LogP contribution in [0, 0.1) is 5.82 Å². The molecule has 0 spiro atoms. The quantitative estimate of drug-likeness (QED) is 0.700. The number of nitrogens with zero attached hydrogens (tertiary/aromatic N) is 1. The molecule has 1 aliphatic heterocycles. The lowest BCUT2D eigenvalue weighted by molar-refractivity contribution is 0.0209. The van der Waals surface area contributed by atoms with E-state index in [1.165, 1.54) is 11.6 Å². The Morgan fingerprint density at radius 1 is 1.12 bits per heavy atom. The molecule has 2 aromatic rings. The van der Waals surface area contributed by atoms with Gasteiger partial charge in [-0.2, -0.15) is 0 Å². The van der Waals surface area contributed by atoms with Gasteiger partial charge in [-0.3, -0.25) is 0 Å². The molecule has 0 N–H and O–H groups in total. The summed E-state index contributed by atoms with van der Waals surface area (Å²) >= 11 is 0. The molecule has 3 rings (SSSR count). The van der Waals surface area contributed by atoms with Gasteiger partial charge < -0.3 is 9.64 Å². The number of amides is 1. The van der Waals surface area contributed by atoms with E-state index in [-0.39, 0.29) is 17.8 Å². The second-order valence-electron chi connectivity index (χ2n) is 7.62. The van der Waals surface area contributed by atoms with E-state index >= 15 is 0 Å². The van der Waals surface area contributed by atoms with E-state index in [0.29, 0.717) is 18.7 Å². The first-order valence-corrected chi connectivity index (χ1v) is 8.61. The number of hydrogen-bond donors (Lipinski definition) is 0. The van der Waals surface area contributed by atoms with Crippen molar-refractivity contribution >= 4 is 6.09 Å². The van der Waals surface area contributed by atoms with Crippen molar-refractivity contribution in [2.24, 2.45) is 0 Å². The summed E-state index contributed by atoms with van der Waals surface area (Å²) in [7, 11) is 0. The van der Waals surface area contributed by atoms with Crippen molar-refractivity contribution in [2.45, 2.75) is 45.8 Å². The highest BCUT2D eigenvalue weighted by atomic mass is 19.1. The Morgan fingerprint density at radius 3 is 2.48 bits per heavy atom. The van der Waals surface area contributed by atoms with Crippen LogP contribution in [-0.2, 0) is 11.3 Å². The molecule has 0 saturated heterocycles. The molecule has 0 saturated carbocycles. The Hall–Kier alpha value is -2.36. The predicted octanol–water partition coefficient (Wildman–Crippen LogP) is 5.35. The minimum Gasteiger partial charge on any atom is -0.444 e. The van der Waals surface area contributed by atoms with E-state index < -0.39 is 5.60 Å². The van der Waals surface area contributed by atoms with Gasteiger partial charge in [-0.05, 0) is 49.4 Å². The van der Waals surface area contributed by atoms with E-state index in [0.717, 1.165) is 11.1 Å². The highest BCUT2D eigenvalue weighted by Crippen LogP contribution is 2.36. The van der Waals surface area contributed by atoms with Crippen LogP contribution >= 0.6 is 0 Å².